The van der Waals surface area contributed by atoms with E-state index in [1.807, 2.05) is 0 Å². The molecule has 166 valence electrons. The second-order valence-corrected chi connectivity index (χ2v) is 7.85. The summed E-state index contributed by atoms with van der Waals surface area (Å²) in [6.07, 6.45) is 1.49. The van der Waals surface area contributed by atoms with Crippen LogP contribution in [-0.2, 0) is 4.79 Å². The number of carbonyl (C=O) groups excluding carboxylic acids is 3. The minimum Gasteiger partial charge on any atom is -0.493 e. The zero-order valence-electron chi connectivity index (χ0n) is 17.3. The van der Waals surface area contributed by atoms with Crippen LogP contribution in [0.3, 0.4) is 0 Å². The topological polar surface area (TPSA) is 78.9 Å². The predicted octanol–water partition coefficient (Wildman–Crippen LogP) is 5.45. The minimum absolute atomic E-state index is 0.0646. The lowest BCUT2D eigenvalue weighted by molar-refractivity contribution is -0.136. The maximum absolute atomic E-state index is 12.6. The van der Waals surface area contributed by atoms with Crippen LogP contribution in [0, 0.1) is 0 Å². The van der Waals surface area contributed by atoms with Gasteiger partial charge in [-0.2, -0.15) is 0 Å². The van der Waals surface area contributed by atoms with Crippen LogP contribution in [0.5, 0.6) is 17.2 Å². The molecule has 0 aliphatic heterocycles. The molecule has 0 spiro atoms. The molecule has 0 fully saturated rings. The molecule has 0 aromatic heterocycles. The SMILES string of the molecule is COc1cc(C=C2C(=O)c3ccccc3C2=O)ccc1OC(=O)COc1cc(Cl)ccc1Cl. The number of benzene rings is 3. The normalized spacial score (nSPS) is 12.4. The van der Waals surface area contributed by atoms with Crippen molar-refractivity contribution in [3.05, 3.63) is 93.0 Å². The summed E-state index contributed by atoms with van der Waals surface area (Å²) in [4.78, 5) is 37.4. The van der Waals surface area contributed by atoms with Gasteiger partial charge in [0.15, 0.2) is 29.7 Å². The lowest BCUT2D eigenvalue weighted by Gasteiger charge is -2.11. The highest BCUT2D eigenvalue weighted by atomic mass is 35.5. The number of allylic oxidation sites excluding steroid dienone is 1. The summed E-state index contributed by atoms with van der Waals surface area (Å²) in [5.41, 5.74) is 1.37. The lowest BCUT2D eigenvalue weighted by Crippen LogP contribution is -2.18. The van der Waals surface area contributed by atoms with E-state index in [9.17, 15) is 14.4 Å². The molecular formula is C25H16Cl2O6. The van der Waals surface area contributed by atoms with Crippen LogP contribution in [0.25, 0.3) is 6.08 Å². The fourth-order valence-corrected chi connectivity index (χ4v) is 3.64. The van der Waals surface area contributed by atoms with E-state index >= 15 is 0 Å². The number of Topliss-reactive ketones (excluding diaryl/α,β-unsaturated/α-hetero) is 2. The maximum atomic E-state index is 12.6. The highest BCUT2D eigenvalue weighted by Gasteiger charge is 2.32. The Hall–Kier alpha value is -3.61. The van der Waals surface area contributed by atoms with Gasteiger partial charge < -0.3 is 14.2 Å². The van der Waals surface area contributed by atoms with Crippen molar-refractivity contribution in [3.63, 3.8) is 0 Å². The second-order valence-electron chi connectivity index (χ2n) is 7.01. The van der Waals surface area contributed by atoms with E-state index in [0.29, 0.717) is 26.7 Å². The third-order valence-corrected chi connectivity index (χ3v) is 5.41. The molecule has 0 atom stereocenters. The van der Waals surface area contributed by atoms with Gasteiger partial charge >= 0.3 is 5.97 Å². The first kappa shape index (κ1) is 22.6. The molecule has 0 radical (unpaired) electrons. The molecular weight excluding hydrogens is 467 g/mol. The molecule has 0 saturated heterocycles. The van der Waals surface area contributed by atoms with Gasteiger partial charge in [-0.15, -0.1) is 0 Å². The van der Waals surface area contributed by atoms with Crippen LogP contribution < -0.4 is 14.2 Å². The summed E-state index contributed by atoms with van der Waals surface area (Å²) in [6.45, 7) is -0.406. The van der Waals surface area contributed by atoms with Gasteiger partial charge in [-0.05, 0) is 35.9 Å². The Balaban J connectivity index is 1.49. The van der Waals surface area contributed by atoms with Crippen LogP contribution in [0.15, 0.2) is 66.2 Å². The van der Waals surface area contributed by atoms with E-state index in [-0.39, 0.29) is 34.4 Å². The number of esters is 1. The highest BCUT2D eigenvalue weighted by molar-refractivity contribution is 6.41. The van der Waals surface area contributed by atoms with E-state index in [2.05, 4.69) is 0 Å². The number of rotatable bonds is 6. The lowest BCUT2D eigenvalue weighted by atomic mass is 10.1. The number of ether oxygens (including phenoxy) is 3. The number of halogens is 2. The van der Waals surface area contributed by atoms with Gasteiger partial charge in [0.2, 0.25) is 0 Å². The largest absolute Gasteiger partial charge is 0.493 e. The molecule has 0 amide bonds. The summed E-state index contributed by atoms with van der Waals surface area (Å²) in [5, 5.41) is 0.719. The van der Waals surface area contributed by atoms with Crippen LogP contribution in [0.2, 0.25) is 10.0 Å². The molecule has 0 heterocycles. The van der Waals surface area contributed by atoms with Crippen molar-refractivity contribution in [1.29, 1.82) is 0 Å². The first-order valence-electron chi connectivity index (χ1n) is 9.74. The zero-order chi connectivity index (χ0) is 23.5. The van der Waals surface area contributed by atoms with Gasteiger partial charge in [-0.3, -0.25) is 9.59 Å². The van der Waals surface area contributed by atoms with Gasteiger partial charge in [0, 0.05) is 22.2 Å². The monoisotopic (exact) mass is 482 g/mol. The Kier molecular flexibility index (Phi) is 6.49. The summed E-state index contributed by atoms with van der Waals surface area (Å²) in [5.74, 6) is -0.704. The fraction of sp³-hybridized carbons (Fsp3) is 0.0800. The van der Waals surface area contributed by atoms with Crippen LogP contribution >= 0.6 is 23.2 Å². The number of carbonyl (C=O) groups is 3. The number of hydrogen-bond acceptors (Lipinski definition) is 6. The molecule has 1 aliphatic carbocycles. The number of methoxy groups -OCH3 is 1. The fourth-order valence-electron chi connectivity index (χ4n) is 3.31. The molecule has 3 aromatic rings. The van der Waals surface area contributed by atoms with Crippen molar-refractivity contribution in [2.24, 2.45) is 0 Å². The summed E-state index contributed by atoms with van der Waals surface area (Å²) in [6, 6.07) is 16.0. The molecule has 3 aromatic carbocycles. The first-order valence-corrected chi connectivity index (χ1v) is 10.5. The standard InChI is InChI=1S/C25H16Cl2O6/c1-31-22-11-14(10-18-24(29)16-4-2-3-5-17(16)25(18)30)6-9-20(22)33-23(28)13-32-21-12-15(26)7-8-19(21)27/h2-12H,13H2,1H3. The van der Waals surface area contributed by atoms with Gasteiger partial charge in [-0.25, -0.2) is 4.79 Å². The van der Waals surface area contributed by atoms with Crippen molar-refractivity contribution < 1.29 is 28.6 Å². The van der Waals surface area contributed by atoms with Gasteiger partial charge in [0.05, 0.1) is 17.7 Å². The van der Waals surface area contributed by atoms with E-state index in [0.717, 1.165) is 0 Å². The van der Waals surface area contributed by atoms with Crippen molar-refractivity contribution in [2.75, 3.05) is 13.7 Å². The van der Waals surface area contributed by atoms with Gasteiger partial charge in [-0.1, -0.05) is 53.5 Å². The number of fused-ring (bicyclic) bond motifs is 1. The van der Waals surface area contributed by atoms with Gasteiger partial charge in [0.1, 0.15) is 5.75 Å². The summed E-state index contributed by atoms with van der Waals surface area (Å²) in [7, 11) is 1.41. The summed E-state index contributed by atoms with van der Waals surface area (Å²) < 4.78 is 16.0. The molecule has 0 N–H and O–H groups in total. The third kappa shape index (κ3) is 4.77. The minimum atomic E-state index is -0.688. The van der Waals surface area contributed by atoms with E-state index in [1.165, 1.54) is 25.3 Å². The molecule has 6 nitrogen and oxygen atoms in total. The van der Waals surface area contributed by atoms with Gasteiger partial charge in [0.25, 0.3) is 0 Å². The zero-order valence-corrected chi connectivity index (χ0v) is 18.8. The molecule has 8 heteroatoms. The molecule has 0 unspecified atom stereocenters. The van der Waals surface area contributed by atoms with E-state index in [1.54, 1.807) is 48.5 Å². The van der Waals surface area contributed by atoms with Crippen molar-refractivity contribution in [3.8, 4) is 17.2 Å². The average Bonchev–Trinajstić information content (AvgIpc) is 3.05. The summed E-state index contributed by atoms with van der Waals surface area (Å²) >= 11 is 11.9. The van der Waals surface area contributed by atoms with E-state index in [4.69, 9.17) is 37.4 Å². The molecule has 1 aliphatic rings. The second kappa shape index (κ2) is 9.48. The van der Waals surface area contributed by atoms with Crippen LogP contribution in [0.4, 0.5) is 0 Å². The van der Waals surface area contributed by atoms with Crippen molar-refractivity contribution >= 4 is 46.8 Å². The Labute approximate surface area is 199 Å². The Morgan fingerprint density at radius 2 is 1.58 bits per heavy atom. The molecule has 33 heavy (non-hydrogen) atoms. The maximum Gasteiger partial charge on any atom is 0.349 e. The quantitative estimate of drug-likeness (QED) is 0.201. The Morgan fingerprint density at radius 3 is 2.24 bits per heavy atom. The average molecular weight is 483 g/mol. The van der Waals surface area contributed by atoms with Crippen LogP contribution in [0.1, 0.15) is 26.3 Å². The highest BCUT2D eigenvalue weighted by Crippen LogP contribution is 2.32. The predicted molar refractivity (Wildman–Crippen MR) is 124 cm³/mol. The molecule has 0 saturated carbocycles. The smallest absolute Gasteiger partial charge is 0.349 e. The molecule has 0 bridgehead atoms. The molecule has 4 rings (SSSR count). The Bertz CT molecular complexity index is 1270. The van der Waals surface area contributed by atoms with Crippen molar-refractivity contribution in [2.45, 2.75) is 0 Å². The van der Waals surface area contributed by atoms with Crippen LogP contribution in [-0.4, -0.2) is 31.3 Å². The van der Waals surface area contributed by atoms with E-state index < -0.39 is 12.6 Å². The Morgan fingerprint density at radius 1 is 0.879 bits per heavy atom. The number of ketones is 2. The van der Waals surface area contributed by atoms with Crippen molar-refractivity contribution in [1.82, 2.24) is 0 Å². The first-order chi connectivity index (χ1) is 15.9. The number of hydrogen-bond donors (Lipinski definition) is 0. The third-order valence-electron chi connectivity index (χ3n) is 4.87.